The lowest BCUT2D eigenvalue weighted by Crippen LogP contribution is -1.90. The molecule has 0 unspecified atom stereocenters. The first-order chi connectivity index (χ1) is 36.3. The molecule has 0 saturated carbocycles. The zero-order valence-electron chi connectivity index (χ0n) is 46.8. The molecule has 0 saturated heterocycles. The SMILES string of the molecule is Cc1ccc(C)c(-c2cc(C)ccc2C)c1.Cc1ccc(F)c(-c2cc(C)ccc2F)c1.Cc1cccc(-c2cc(C)ccc2C)c1.Cc1cccc(-c2cc(C)ccc2F)c1.Cc1ccccc1-c1ccccc1C. The molecule has 10 aromatic carbocycles. The summed E-state index contributed by atoms with van der Waals surface area (Å²) < 4.78 is 40.8. The second-order valence-electron chi connectivity index (χ2n) is 20.3. The maximum absolute atomic E-state index is 13.6. The first-order valence-electron chi connectivity index (χ1n) is 26.0. The Morgan fingerprint density at radius 2 is 0.447 bits per heavy atom. The van der Waals surface area contributed by atoms with Gasteiger partial charge in [0.25, 0.3) is 0 Å². The molecule has 10 aromatic rings. The van der Waals surface area contributed by atoms with Gasteiger partial charge < -0.3 is 0 Å². The van der Waals surface area contributed by atoms with E-state index < -0.39 is 11.6 Å². The van der Waals surface area contributed by atoms with E-state index in [-0.39, 0.29) is 5.82 Å². The molecule has 76 heavy (non-hydrogen) atoms. The third kappa shape index (κ3) is 16.0. The van der Waals surface area contributed by atoms with Crippen LogP contribution in [-0.4, -0.2) is 0 Å². The summed E-state index contributed by atoms with van der Waals surface area (Å²) in [6.45, 7) is 27.1. The molecule has 386 valence electrons. The van der Waals surface area contributed by atoms with Gasteiger partial charge in [-0.25, -0.2) is 13.2 Å². The molecule has 0 radical (unpaired) electrons. The van der Waals surface area contributed by atoms with E-state index in [2.05, 4.69) is 190 Å². The van der Waals surface area contributed by atoms with Crippen LogP contribution in [0.3, 0.4) is 0 Å². The Morgan fingerprint density at radius 1 is 0.184 bits per heavy atom. The van der Waals surface area contributed by atoms with Crippen LogP contribution in [0.4, 0.5) is 13.2 Å². The van der Waals surface area contributed by atoms with Gasteiger partial charge in [-0.3, -0.25) is 0 Å². The van der Waals surface area contributed by atoms with Crippen molar-refractivity contribution in [2.45, 2.75) is 90.0 Å². The Bertz CT molecular complexity index is 3220. The fraction of sp³-hybridized carbons (Fsp3) is 0.178. The van der Waals surface area contributed by atoms with E-state index in [0.29, 0.717) is 16.7 Å². The summed E-state index contributed by atoms with van der Waals surface area (Å²) in [7, 11) is 0. The maximum Gasteiger partial charge on any atom is 0.131 e. The summed E-state index contributed by atoms with van der Waals surface area (Å²) in [6, 6.07) is 68.1. The van der Waals surface area contributed by atoms with Gasteiger partial charge in [-0.2, -0.15) is 0 Å². The van der Waals surface area contributed by atoms with Gasteiger partial charge in [0.05, 0.1) is 0 Å². The zero-order chi connectivity index (χ0) is 55.1. The van der Waals surface area contributed by atoms with Crippen LogP contribution < -0.4 is 0 Å². The average Bonchev–Trinajstić information content (AvgIpc) is 3.39. The average molecular weight is 1010 g/mol. The lowest BCUT2D eigenvalue weighted by molar-refractivity contribution is 0.616. The molecule has 0 amide bonds. The second-order valence-corrected chi connectivity index (χ2v) is 20.3. The van der Waals surface area contributed by atoms with E-state index in [0.717, 1.165) is 27.8 Å². The molecule has 0 aliphatic rings. The largest absolute Gasteiger partial charge is 0.206 e. The van der Waals surface area contributed by atoms with Crippen molar-refractivity contribution in [3.63, 3.8) is 0 Å². The van der Waals surface area contributed by atoms with Crippen LogP contribution in [0.1, 0.15) is 72.3 Å². The van der Waals surface area contributed by atoms with E-state index in [1.807, 2.05) is 58.0 Å². The van der Waals surface area contributed by atoms with Crippen LogP contribution in [-0.2, 0) is 0 Å². The zero-order valence-corrected chi connectivity index (χ0v) is 46.8. The second kappa shape index (κ2) is 27.0. The highest BCUT2D eigenvalue weighted by molar-refractivity contribution is 5.73. The standard InChI is InChI=1S/C16H18.C15H16.C14H12F2.C14H13F.C14H14/c1-11-5-7-13(3)15(9-11)16-10-12(2)6-8-14(16)4;1-11-5-4-6-14(9-11)15-10-12(2)7-8-13(15)3;1-9-3-5-13(15)11(7-9)12-8-10(2)4-6-14(12)16;1-10-4-3-5-12(8-10)13-9-11(2)6-7-14(13)15;1-11-7-3-5-9-13(11)14-10-6-4-8-12(14)2/h5-10H,1-4H3;4-10H,1-3H3;3-8H,1-2H3;3-9H,1-2H3;3-10H,1-2H3. The molecule has 0 heterocycles. The number of hydrogen-bond acceptors (Lipinski definition) is 0. The predicted molar refractivity (Wildman–Crippen MR) is 321 cm³/mol. The first-order valence-corrected chi connectivity index (χ1v) is 26.0. The molecular weight excluding hydrogens is 934 g/mol. The molecular formula is C73H73F3. The van der Waals surface area contributed by atoms with Crippen LogP contribution in [0.2, 0.25) is 0 Å². The molecule has 0 bridgehead atoms. The summed E-state index contributed by atoms with van der Waals surface area (Å²) in [5.74, 6) is -0.948. The minimum atomic E-state index is -0.393. The van der Waals surface area contributed by atoms with Crippen molar-refractivity contribution in [2.24, 2.45) is 0 Å². The number of aryl methyl sites for hydroxylation is 13. The van der Waals surface area contributed by atoms with Crippen molar-refractivity contribution in [2.75, 3.05) is 0 Å². The summed E-state index contributed by atoms with van der Waals surface area (Å²) in [4.78, 5) is 0. The van der Waals surface area contributed by atoms with Gasteiger partial charge in [0.2, 0.25) is 0 Å². The molecule has 0 atom stereocenters. The summed E-state index contributed by atoms with van der Waals surface area (Å²) >= 11 is 0. The highest BCUT2D eigenvalue weighted by Crippen LogP contribution is 2.31. The molecule has 0 aliphatic heterocycles. The van der Waals surface area contributed by atoms with Crippen molar-refractivity contribution in [1.29, 1.82) is 0 Å². The monoisotopic (exact) mass is 1010 g/mol. The third-order valence-corrected chi connectivity index (χ3v) is 13.4. The summed E-state index contributed by atoms with van der Waals surface area (Å²) in [6.07, 6.45) is 0. The van der Waals surface area contributed by atoms with Crippen molar-refractivity contribution < 1.29 is 13.2 Å². The molecule has 0 aromatic heterocycles. The molecule has 0 fully saturated rings. The van der Waals surface area contributed by atoms with Crippen LogP contribution in [0.5, 0.6) is 0 Å². The van der Waals surface area contributed by atoms with E-state index in [9.17, 15) is 13.2 Å². The van der Waals surface area contributed by atoms with Crippen LogP contribution in [0, 0.1) is 107 Å². The topological polar surface area (TPSA) is 0 Å². The Morgan fingerprint density at radius 3 is 0.816 bits per heavy atom. The minimum Gasteiger partial charge on any atom is -0.206 e. The predicted octanol–water partition coefficient (Wildman–Crippen LogP) is 21.2. The van der Waals surface area contributed by atoms with E-state index in [1.54, 1.807) is 30.3 Å². The lowest BCUT2D eigenvalue weighted by atomic mass is 9.94. The lowest BCUT2D eigenvalue weighted by Gasteiger charge is -2.11. The normalized spacial score (nSPS) is 10.4. The van der Waals surface area contributed by atoms with Gasteiger partial charge in [-0.15, -0.1) is 0 Å². The maximum atomic E-state index is 13.6. The van der Waals surface area contributed by atoms with E-state index in [4.69, 9.17) is 0 Å². The van der Waals surface area contributed by atoms with Gasteiger partial charge in [0.15, 0.2) is 0 Å². The number of rotatable bonds is 5. The highest BCUT2D eigenvalue weighted by Gasteiger charge is 2.11. The van der Waals surface area contributed by atoms with E-state index >= 15 is 0 Å². The molecule has 3 heteroatoms. The number of halogens is 3. The summed E-state index contributed by atoms with van der Waals surface area (Å²) in [5, 5.41) is 0. The molecule has 0 N–H and O–H groups in total. The molecule has 0 nitrogen and oxygen atoms in total. The Hall–Kier alpha value is -8.01. The van der Waals surface area contributed by atoms with Crippen LogP contribution in [0.15, 0.2) is 206 Å². The third-order valence-electron chi connectivity index (χ3n) is 13.4. The van der Waals surface area contributed by atoms with Crippen molar-refractivity contribution in [3.05, 3.63) is 296 Å². The molecule has 0 spiro atoms. The van der Waals surface area contributed by atoms with Crippen molar-refractivity contribution in [1.82, 2.24) is 0 Å². The number of benzene rings is 10. The smallest absolute Gasteiger partial charge is 0.131 e. The quantitative estimate of drug-likeness (QED) is 0.161. The first kappa shape index (κ1) is 57.3. The Labute approximate surface area is 452 Å². The van der Waals surface area contributed by atoms with Gasteiger partial charge in [0.1, 0.15) is 17.5 Å². The fourth-order valence-corrected chi connectivity index (χ4v) is 9.03. The Balaban J connectivity index is 0.000000154. The van der Waals surface area contributed by atoms with Gasteiger partial charge >= 0.3 is 0 Å². The van der Waals surface area contributed by atoms with Gasteiger partial charge in [-0.05, 0) is 193 Å². The van der Waals surface area contributed by atoms with Crippen molar-refractivity contribution in [3.8, 4) is 55.6 Å². The highest BCUT2D eigenvalue weighted by atomic mass is 19.1. The fourth-order valence-electron chi connectivity index (χ4n) is 9.03. The van der Waals surface area contributed by atoms with Crippen LogP contribution >= 0.6 is 0 Å². The van der Waals surface area contributed by atoms with E-state index in [1.165, 1.54) is 102 Å². The molecule has 0 aliphatic carbocycles. The molecule has 10 rings (SSSR count). The Kier molecular flexibility index (Phi) is 20.3. The van der Waals surface area contributed by atoms with Crippen molar-refractivity contribution >= 4 is 0 Å². The number of hydrogen-bond donors (Lipinski definition) is 0. The van der Waals surface area contributed by atoms with Gasteiger partial charge in [0, 0.05) is 16.7 Å². The summed E-state index contributed by atoms with van der Waals surface area (Å²) in [5.41, 5.74) is 26.4. The van der Waals surface area contributed by atoms with Crippen LogP contribution in [0.25, 0.3) is 55.6 Å². The minimum absolute atomic E-state index is 0.161. The van der Waals surface area contributed by atoms with Gasteiger partial charge in [-0.1, -0.05) is 214 Å².